The second kappa shape index (κ2) is 4.71. The topological polar surface area (TPSA) is 55.2 Å². The van der Waals surface area contributed by atoms with Crippen LogP contribution in [0.4, 0.5) is 0 Å². The number of rotatable bonds is 2. The third kappa shape index (κ3) is 2.25. The van der Waals surface area contributed by atoms with E-state index in [1.54, 1.807) is 6.20 Å². The highest BCUT2D eigenvalue weighted by Gasteiger charge is 2.34. The van der Waals surface area contributed by atoms with Crippen LogP contribution in [0.3, 0.4) is 0 Å². The molecule has 106 valence electrons. The number of imidazole rings is 1. The lowest BCUT2D eigenvalue weighted by atomic mass is 10.1. The van der Waals surface area contributed by atoms with Crippen molar-refractivity contribution in [3.63, 3.8) is 0 Å². The maximum Gasteiger partial charge on any atom is 0.212 e. The average Bonchev–Trinajstić information content (AvgIpc) is 2.79. The minimum Gasteiger partial charge on any atom is -0.329 e. The normalized spacial score (nSPS) is 19.8. The Bertz CT molecular complexity index is 722. The van der Waals surface area contributed by atoms with Crippen LogP contribution in [0, 0.1) is 6.92 Å². The third-order valence-electron chi connectivity index (χ3n) is 3.75. The zero-order valence-corrected chi connectivity index (χ0v) is 12.3. The Hall–Kier alpha value is -1.66. The number of fused-ring (bicyclic) bond motifs is 1. The Kier molecular flexibility index (Phi) is 3.14. The lowest BCUT2D eigenvalue weighted by Gasteiger charge is -2.35. The minimum atomic E-state index is -3.28. The van der Waals surface area contributed by atoms with Crippen LogP contribution in [0.25, 0.3) is 0 Å². The van der Waals surface area contributed by atoms with Gasteiger partial charge in [-0.05, 0) is 12.5 Å². The summed E-state index contributed by atoms with van der Waals surface area (Å²) in [6.45, 7) is 2.93. The summed E-state index contributed by atoms with van der Waals surface area (Å²) >= 11 is 0. The lowest BCUT2D eigenvalue weighted by molar-refractivity contribution is 0.243. The van der Waals surface area contributed by atoms with Gasteiger partial charge in [0, 0.05) is 18.4 Å². The molecule has 1 aliphatic heterocycles. The Morgan fingerprint density at radius 2 is 1.95 bits per heavy atom. The molecule has 1 aromatic carbocycles. The fourth-order valence-electron chi connectivity index (χ4n) is 2.70. The van der Waals surface area contributed by atoms with Crippen molar-refractivity contribution < 1.29 is 8.42 Å². The van der Waals surface area contributed by atoms with E-state index in [2.05, 4.69) is 9.55 Å². The number of nitrogens with zero attached hydrogens (tertiary/aromatic N) is 3. The van der Waals surface area contributed by atoms with Gasteiger partial charge in [0.2, 0.25) is 10.0 Å². The van der Waals surface area contributed by atoms with E-state index < -0.39 is 10.0 Å². The van der Waals surface area contributed by atoms with Gasteiger partial charge in [-0.3, -0.25) is 0 Å². The van der Waals surface area contributed by atoms with Crippen LogP contribution in [0.1, 0.15) is 23.1 Å². The van der Waals surface area contributed by atoms with E-state index >= 15 is 0 Å². The first-order valence-corrected chi connectivity index (χ1v) is 8.34. The van der Waals surface area contributed by atoms with Gasteiger partial charge in [0.25, 0.3) is 0 Å². The van der Waals surface area contributed by atoms with E-state index in [-0.39, 0.29) is 6.04 Å². The fourth-order valence-corrected chi connectivity index (χ4v) is 3.70. The van der Waals surface area contributed by atoms with Gasteiger partial charge in [-0.1, -0.05) is 30.3 Å². The molecule has 1 atom stereocenters. The minimum absolute atomic E-state index is 0.174. The molecular formula is C14H17N3O2S. The first kappa shape index (κ1) is 13.3. The maximum absolute atomic E-state index is 12.1. The predicted molar refractivity (Wildman–Crippen MR) is 76.5 cm³/mol. The van der Waals surface area contributed by atoms with Crippen molar-refractivity contribution in [1.29, 1.82) is 0 Å². The van der Waals surface area contributed by atoms with E-state index in [0.29, 0.717) is 13.1 Å². The summed E-state index contributed by atoms with van der Waals surface area (Å²) < 4.78 is 27.8. The smallest absolute Gasteiger partial charge is 0.212 e. The second-order valence-electron chi connectivity index (χ2n) is 5.16. The van der Waals surface area contributed by atoms with Crippen LogP contribution in [0.15, 0.2) is 36.5 Å². The first-order valence-electron chi connectivity index (χ1n) is 6.49. The molecule has 2 heterocycles. The molecule has 0 saturated heterocycles. The largest absolute Gasteiger partial charge is 0.329 e. The van der Waals surface area contributed by atoms with Crippen LogP contribution in [0.2, 0.25) is 0 Å². The van der Waals surface area contributed by atoms with Gasteiger partial charge in [0.05, 0.1) is 18.8 Å². The Morgan fingerprint density at radius 3 is 2.60 bits per heavy atom. The highest BCUT2D eigenvalue weighted by molar-refractivity contribution is 7.88. The van der Waals surface area contributed by atoms with E-state index in [0.717, 1.165) is 17.1 Å². The van der Waals surface area contributed by atoms with Gasteiger partial charge in [0.1, 0.15) is 5.82 Å². The number of aryl methyl sites for hydroxylation is 1. The summed E-state index contributed by atoms with van der Waals surface area (Å²) in [6.07, 6.45) is 3.05. The van der Waals surface area contributed by atoms with Crippen molar-refractivity contribution in [2.24, 2.45) is 0 Å². The van der Waals surface area contributed by atoms with Crippen LogP contribution in [0.5, 0.6) is 0 Å². The van der Waals surface area contributed by atoms with Gasteiger partial charge in [-0.2, -0.15) is 4.31 Å². The SMILES string of the molecule is Cc1cnc2n1CC(c1ccccc1)N(S(C)(=O)=O)C2. The summed E-state index contributed by atoms with van der Waals surface area (Å²) in [5, 5.41) is 0. The molecule has 0 fully saturated rings. The van der Waals surface area contributed by atoms with Gasteiger partial charge in [-0.15, -0.1) is 0 Å². The predicted octanol–water partition coefficient (Wildman–Crippen LogP) is 1.71. The molecule has 0 saturated carbocycles. The highest BCUT2D eigenvalue weighted by atomic mass is 32.2. The highest BCUT2D eigenvalue weighted by Crippen LogP contribution is 2.31. The molecule has 20 heavy (non-hydrogen) atoms. The lowest BCUT2D eigenvalue weighted by Crippen LogP contribution is -2.40. The van der Waals surface area contributed by atoms with E-state index in [9.17, 15) is 8.42 Å². The Morgan fingerprint density at radius 1 is 1.25 bits per heavy atom. The molecule has 1 unspecified atom stereocenters. The van der Waals surface area contributed by atoms with Crippen LogP contribution < -0.4 is 0 Å². The molecule has 0 N–H and O–H groups in total. The van der Waals surface area contributed by atoms with Crippen molar-refractivity contribution in [2.75, 3.05) is 6.26 Å². The van der Waals surface area contributed by atoms with Crippen molar-refractivity contribution in [3.8, 4) is 0 Å². The van der Waals surface area contributed by atoms with E-state index in [1.165, 1.54) is 10.6 Å². The molecule has 2 aromatic rings. The van der Waals surface area contributed by atoms with Gasteiger partial charge < -0.3 is 4.57 Å². The number of aromatic nitrogens is 2. The molecule has 0 spiro atoms. The summed E-state index contributed by atoms with van der Waals surface area (Å²) in [4.78, 5) is 4.31. The molecular weight excluding hydrogens is 274 g/mol. The van der Waals surface area contributed by atoms with Crippen molar-refractivity contribution in [2.45, 2.75) is 26.1 Å². The maximum atomic E-state index is 12.1. The molecule has 0 aliphatic carbocycles. The molecule has 0 amide bonds. The molecule has 5 nitrogen and oxygen atoms in total. The van der Waals surface area contributed by atoms with Crippen molar-refractivity contribution >= 4 is 10.0 Å². The van der Waals surface area contributed by atoms with Crippen LogP contribution >= 0.6 is 0 Å². The van der Waals surface area contributed by atoms with E-state index in [4.69, 9.17) is 0 Å². The van der Waals surface area contributed by atoms with Crippen molar-refractivity contribution in [3.05, 3.63) is 53.6 Å². The second-order valence-corrected chi connectivity index (χ2v) is 7.10. The summed E-state index contributed by atoms with van der Waals surface area (Å²) in [7, 11) is -3.28. The zero-order valence-electron chi connectivity index (χ0n) is 11.5. The van der Waals surface area contributed by atoms with Crippen molar-refractivity contribution in [1.82, 2.24) is 13.9 Å². The van der Waals surface area contributed by atoms with Crippen LogP contribution in [-0.4, -0.2) is 28.5 Å². The zero-order chi connectivity index (χ0) is 14.3. The van der Waals surface area contributed by atoms with Gasteiger partial charge in [-0.25, -0.2) is 13.4 Å². The van der Waals surface area contributed by atoms with E-state index in [1.807, 2.05) is 37.3 Å². The number of hydrogen-bond acceptors (Lipinski definition) is 3. The average molecular weight is 291 g/mol. The number of benzene rings is 1. The first-order chi connectivity index (χ1) is 9.47. The molecule has 0 radical (unpaired) electrons. The molecule has 0 bridgehead atoms. The molecule has 6 heteroatoms. The molecule has 1 aromatic heterocycles. The Labute approximate surface area is 118 Å². The standard InChI is InChI=1S/C14H17N3O2S/c1-11-8-15-14-10-17(20(2,18)19)13(9-16(11)14)12-6-4-3-5-7-12/h3-8,13H,9-10H2,1-2H3. The number of sulfonamides is 1. The fraction of sp³-hybridized carbons (Fsp3) is 0.357. The summed E-state index contributed by atoms with van der Waals surface area (Å²) in [5.74, 6) is 0.806. The third-order valence-corrected chi connectivity index (χ3v) is 4.98. The monoisotopic (exact) mass is 291 g/mol. The number of hydrogen-bond donors (Lipinski definition) is 0. The molecule has 1 aliphatic rings. The van der Waals surface area contributed by atoms with Gasteiger partial charge >= 0.3 is 0 Å². The van der Waals surface area contributed by atoms with Gasteiger partial charge in [0.15, 0.2) is 0 Å². The summed E-state index contributed by atoms with van der Waals surface area (Å²) in [5.41, 5.74) is 2.07. The summed E-state index contributed by atoms with van der Waals surface area (Å²) in [6, 6.07) is 9.58. The Balaban J connectivity index is 2.08. The van der Waals surface area contributed by atoms with Crippen LogP contribution in [-0.2, 0) is 23.1 Å². The quantitative estimate of drug-likeness (QED) is 0.846. The molecule has 3 rings (SSSR count).